The van der Waals surface area contributed by atoms with E-state index in [9.17, 15) is 4.79 Å². The van der Waals surface area contributed by atoms with E-state index in [1.165, 1.54) is 0 Å². The van der Waals surface area contributed by atoms with Crippen molar-refractivity contribution < 1.29 is 4.79 Å². The van der Waals surface area contributed by atoms with Gasteiger partial charge in [0.25, 0.3) is 5.91 Å². The highest BCUT2D eigenvalue weighted by atomic mass is 16.1. The molecule has 0 heterocycles. The van der Waals surface area contributed by atoms with Crippen LogP contribution in [-0.2, 0) is 0 Å². The topological polar surface area (TPSA) is 55.1 Å². The van der Waals surface area contributed by atoms with Crippen LogP contribution in [0.15, 0.2) is 48.5 Å². The van der Waals surface area contributed by atoms with Crippen LogP contribution in [0.5, 0.6) is 0 Å². The molecule has 3 heteroatoms. The molecule has 3 N–H and O–H groups in total. The molecule has 2 aromatic carbocycles. The van der Waals surface area contributed by atoms with Crippen LogP contribution < -0.4 is 11.1 Å². The lowest BCUT2D eigenvalue weighted by molar-refractivity contribution is 0.0956. The fraction of sp³-hybridized carbons (Fsp3) is 0.133. The molecule has 18 heavy (non-hydrogen) atoms. The molecule has 0 aliphatic heterocycles. The van der Waals surface area contributed by atoms with Crippen molar-refractivity contribution in [2.45, 2.75) is 6.92 Å². The zero-order chi connectivity index (χ0) is 13.0. The molecular formula is C15H16N2O. The normalized spacial score (nSPS) is 10.1. The van der Waals surface area contributed by atoms with E-state index in [4.69, 9.17) is 5.73 Å². The van der Waals surface area contributed by atoms with Gasteiger partial charge < -0.3 is 11.1 Å². The minimum absolute atomic E-state index is 0.0525. The summed E-state index contributed by atoms with van der Waals surface area (Å²) in [5.41, 5.74) is 9.15. The highest BCUT2D eigenvalue weighted by molar-refractivity contribution is 5.95. The number of carbonyl (C=O) groups excluding carboxylic acids is 1. The molecule has 2 aromatic rings. The molecule has 0 unspecified atom stereocenters. The molecule has 0 saturated heterocycles. The number of benzene rings is 2. The molecule has 0 bridgehead atoms. The maximum atomic E-state index is 11.8. The lowest BCUT2D eigenvalue weighted by atomic mass is 10.0. The molecule has 3 nitrogen and oxygen atoms in total. The largest absolute Gasteiger partial charge is 0.399 e. The zero-order valence-electron chi connectivity index (χ0n) is 10.3. The first kappa shape index (κ1) is 12.2. The summed E-state index contributed by atoms with van der Waals surface area (Å²) in [5.74, 6) is -0.0525. The third-order valence-corrected chi connectivity index (χ3v) is 2.68. The number of nitrogens with one attached hydrogen (secondary N) is 1. The zero-order valence-corrected chi connectivity index (χ0v) is 10.3. The number of hydrogen-bond donors (Lipinski definition) is 2. The molecule has 0 aliphatic carbocycles. The second-order valence-corrected chi connectivity index (χ2v) is 4.07. The summed E-state index contributed by atoms with van der Waals surface area (Å²) in [6, 6.07) is 15.2. The lowest BCUT2D eigenvalue weighted by Crippen LogP contribution is -2.22. The van der Waals surface area contributed by atoms with Gasteiger partial charge >= 0.3 is 0 Å². The van der Waals surface area contributed by atoms with E-state index in [2.05, 4.69) is 5.32 Å². The third-order valence-electron chi connectivity index (χ3n) is 2.68. The third kappa shape index (κ3) is 2.69. The molecule has 0 saturated carbocycles. The second kappa shape index (κ2) is 5.36. The van der Waals surface area contributed by atoms with Crippen molar-refractivity contribution in [3.8, 4) is 11.1 Å². The lowest BCUT2D eigenvalue weighted by Gasteiger charge is -2.06. The Hall–Kier alpha value is -2.29. The van der Waals surface area contributed by atoms with Crippen LogP contribution in [-0.4, -0.2) is 12.5 Å². The molecule has 0 atom stereocenters. The number of anilines is 1. The fourth-order valence-electron chi connectivity index (χ4n) is 1.82. The molecule has 0 fully saturated rings. The van der Waals surface area contributed by atoms with E-state index in [0.29, 0.717) is 12.1 Å². The van der Waals surface area contributed by atoms with Gasteiger partial charge in [0.15, 0.2) is 0 Å². The maximum absolute atomic E-state index is 11.8. The van der Waals surface area contributed by atoms with Crippen molar-refractivity contribution in [1.29, 1.82) is 0 Å². The van der Waals surface area contributed by atoms with Gasteiger partial charge in [-0.25, -0.2) is 0 Å². The van der Waals surface area contributed by atoms with E-state index in [1.807, 2.05) is 49.4 Å². The first-order chi connectivity index (χ1) is 8.70. The van der Waals surface area contributed by atoms with E-state index in [1.54, 1.807) is 6.07 Å². The summed E-state index contributed by atoms with van der Waals surface area (Å²) in [6.45, 7) is 2.53. The molecular weight excluding hydrogens is 224 g/mol. The van der Waals surface area contributed by atoms with Gasteiger partial charge in [-0.1, -0.05) is 24.3 Å². The minimum atomic E-state index is -0.0525. The minimum Gasteiger partial charge on any atom is -0.399 e. The smallest absolute Gasteiger partial charge is 0.251 e. The van der Waals surface area contributed by atoms with Crippen LogP contribution >= 0.6 is 0 Å². The Kier molecular flexibility index (Phi) is 3.63. The van der Waals surface area contributed by atoms with E-state index >= 15 is 0 Å². The van der Waals surface area contributed by atoms with Gasteiger partial charge in [-0.15, -0.1) is 0 Å². The Morgan fingerprint density at radius 3 is 2.44 bits per heavy atom. The van der Waals surface area contributed by atoms with Crippen LogP contribution in [0.25, 0.3) is 11.1 Å². The van der Waals surface area contributed by atoms with Crippen molar-refractivity contribution in [2.75, 3.05) is 12.3 Å². The molecule has 0 aromatic heterocycles. The summed E-state index contributed by atoms with van der Waals surface area (Å²) in [6.07, 6.45) is 0. The van der Waals surface area contributed by atoms with Gasteiger partial charge in [0.2, 0.25) is 0 Å². The predicted octanol–water partition coefficient (Wildman–Crippen LogP) is 2.69. The fourth-order valence-corrected chi connectivity index (χ4v) is 1.82. The second-order valence-electron chi connectivity index (χ2n) is 4.07. The van der Waals surface area contributed by atoms with Crippen molar-refractivity contribution in [3.63, 3.8) is 0 Å². The number of hydrogen-bond acceptors (Lipinski definition) is 2. The first-order valence-electron chi connectivity index (χ1n) is 5.95. The van der Waals surface area contributed by atoms with Crippen molar-refractivity contribution in [3.05, 3.63) is 54.1 Å². The van der Waals surface area contributed by atoms with Gasteiger partial charge in [0.1, 0.15) is 0 Å². The number of amides is 1. The van der Waals surface area contributed by atoms with Crippen LogP contribution in [0.4, 0.5) is 5.69 Å². The molecule has 0 radical (unpaired) electrons. The highest BCUT2D eigenvalue weighted by Gasteiger charge is 2.05. The number of rotatable bonds is 3. The molecule has 2 rings (SSSR count). The summed E-state index contributed by atoms with van der Waals surface area (Å²) in [7, 11) is 0. The van der Waals surface area contributed by atoms with Crippen molar-refractivity contribution >= 4 is 11.6 Å². The van der Waals surface area contributed by atoms with E-state index in [0.717, 1.165) is 16.8 Å². The summed E-state index contributed by atoms with van der Waals surface area (Å²) in [5, 5.41) is 2.79. The number of nitrogens with two attached hydrogens (primary N) is 1. The number of nitrogen functional groups attached to an aromatic ring is 1. The van der Waals surface area contributed by atoms with Gasteiger partial charge in [-0.05, 0) is 42.3 Å². The summed E-state index contributed by atoms with van der Waals surface area (Å²) in [4.78, 5) is 11.8. The van der Waals surface area contributed by atoms with Gasteiger partial charge in [-0.3, -0.25) is 4.79 Å². The number of carbonyl (C=O) groups is 1. The molecule has 1 amide bonds. The summed E-state index contributed by atoms with van der Waals surface area (Å²) >= 11 is 0. The van der Waals surface area contributed by atoms with Crippen LogP contribution in [0, 0.1) is 0 Å². The Labute approximate surface area is 107 Å². The van der Waals surface area contributed by atoms with Crippen molar-refractivity contribution in [1.82, 2.24) is 5.32 Å². The Morgan fingerprint density at radius 1 is 1.11 bits per heavy atom. The van der Waals surface area contributed by atoms with E-state index < -0.39 is 0 Å². The monoisotopic (exact) mass is 240 g/mol. The average Bonchev–Trinajstić information content (AvgIpc) is 2.39. The van der Waals surface area contributed by atoms with Crippen molar-refractivity contribution in [2.24, 2.45) is 0 Å². The Bertz CT molecular complexity index is 564. The van der Waals surface area contributed by atoms with Crippen LogP contribution in [0.3, 0.4) is 0 Å². The molecule has 0 aliphatic rings. The Morgan fingerprint density at radius 2 is 1.78 bits per heavy atom. The van der Waals surface area contributed by atoms with Gasteiger partial charge in [0, 0.05) is 17.8 Å². The van der Waals surface area contributed by atoms with Gasteiger partial charge in [0.05, 0.1) is 0 Å². The Balaban J connectivity index is 2.35. The maximum Gasteiger partial charge on any atom is 0.251 e. The average molecular weight is 240 g/mol. The highest BCUT2D eigenvalue weighted by Crippen LogP contribution is 2.22. The van der Waals surface area contributed by atoms with Crippen LogP contribution in [0.2, 0.25) is 0 Å². The van der Waals surface area contributed by atoms with Crippen LogP contribution in [0.1, 0.15) is 17.3 Å². The quantitative estimate of drug-likeness (QED) is 0.810. The first-order valence-corrected chi connectivity index (χ1v) is 5.95. The molecule has 92 valence electrons. The predicted molar refractivity (Wildman–Crippen MR) is 74.3 cm³/mol. The SMILES string of the molecule is CCNC(=O)c1cccc(-c2cccc(N)c2)c1. The van der Waals surface area contributed by atoms with E-state index in [-0.39, 0.29) is 5.91 Å². The summed E-state index contributed by atoms with van der Waals surface area (Å²) < 4.78 is 0. The standard InChI is InChI=1S/C15H16N2O/c1-2-17-15(18)13-7-3-5-11(9-13)12-6-4-8-14(16)10-12/h3-10H,2,16H2,1H3,(H,17,18). The van der Waals surface area contributed by atoms with Gasteiger partial charge in [-0.2, -0.15) is 0 Å². The molecule has 0 spiro atoms.